The maximum Gasteiger partial charge on any atom is 0.250 e. The Bertz CT molecular complexity index is 517. The van der Waals surface area contributed by atoms with Gasteiger partial charge in [-0.3, -0.25) is 0 Å². The number of hydrogen-bond acceptors (Lipinski definition) is 5. The number of aliphatic hydroxyl groups excluding tert-OH is 1. The van der Waals surface area contributed by atoms with Crippen molar-refractivity contribution in [2.45, 2.75) is 42.7 Å². The molecule has 7 heteroatoms. The molecule has 0 aromatic carbocycles. The summed E-state index contributed by atoms with van der Waals surface area (Å²) in [5.74, 6) is 0. The van der Waals surface area contributed by atoms with E-state index in [0.29, 0.717) is 17.7 Å². The van der Waals surface area contributed by atoms with Crippen molar-refractivity contribution in [1.29, 1.82) is 0 Å². The van der Waals surface area contributed by atoms with E-state index in [4.69, 9.17) is 9.84 Å². The van der Waals surface area contributed by atoms with Crippen molar-refractivity contribution >= 4 is 21.4 Å². The van der Waals surface area contributed by atoms with Crippen molar-refractivity contribution in [3.63, 3.8) is 0 Å². The largest absolute Gasteiger partial charge is 0.391 e. The topological polar surface area (TPSA) is 75.6 Å². The quantitative estimate of drug-likeness (QED) is 0.849. The Morgan fingerprint density at radius 1 is 1.56 bits per heavy atom. The molecule has 1 aliphatic carbocycles. The van der Waals surface area contributed by atoms with Gasteiger partial charge in [0.1, 0.15) is 4.21 Å². The number of rotatable bonds is 5. The monoisotopic (exact) mass is 291 g/mol. The molecule has 2 rings (SSSR count). The van der Waals surface area contributed by atoms with Crippen molar-refractivity contribution in [2.75, 3.05) is 7.11 Å². The second kappa shape index (κ2) is 5.26. The predicted molar refractivity (Wildman–Crippen MR) is 69.1 cm³/mol. The van der Waals surface area contributed by atoms with Crippen LogP contribution in [0.1, 0.15) is 23.3 Å². The summed E-state index contributed by atoms with van der Waals surface area (Å²) in [5.41, 5.74) is 0.811. The van der Waals surface area contributed by atoms with Gasteiger partial charge in [-0.15, -0.1) is 11.3 Å². The Labute approximate surface area is 111 Å². The Balaban J connectivity index is 2.06. The van der Waals surface area contributed by atoms with Gasteiger partial charge in [-0.2, -0.15) is 0 Å². The van der Waals surface area contributed by atoms with E-state index in [1.54, 1.807) is 20.1 Å². The summed E-state index contributed by atoms with van der Waals surface area (Å²) in [6.45, 7) is 1.67. The van der Waals surface area contributed by atoms with Crippen molar-refractivity contribution < 1.29 is 18.3 Å². The predicted octanol–water partition coefficient (Wildman–Crippen LogP) is 1.00. The molecule has 2 N–H and O–H groups in total. The summed E-state index contributed by atoms with van der Waals surface area (Å²) in [6, 6.07) is 1.56. The smallest absolute Gasteiger partial charge is 0.250 e. The average molecular weight is 291 g/mol. The molecule has 0 bridgehead atoms. The van der Waals surface area contributed by atoms with Crippen LogP contribution in [0.4, 0.5) is 0 Å². The first-order chi connectivity index (χ1) is 8.46. The minimum atomic E-state index is -3.46. The molecule has 5 nitrogen and oxygen atoms in total. The molecular weight excluding hydrogens is 274 g/mol. The molecule has 0 saturated heterocycles. The van der Waals surface area contributed by atoms with E-state index in [1.807, 2.05) is 0 Å². The van der Waals surface area contributed by atoms with Crippen molar-refractivity contribution in [1.82, 2.24) is 4.72 Å². The van der Waals surface area contributed by atoms with Gasteiger partial charge in [-0.05, 0) is 31.4 Å². The number of sulfonamides is 1. The standard InChI is InChI=1S/C11H17NO4S2/c1-7-3-11(17-10(7)6-13)18(14,15)12-8-4-9(5-8)16-2/h3,8-9,12-13H,4-6H2,1-2H3. The highest BCUT2D eigenvalue weighted by Crippen LogP contribution is 2.29. The number of ether oxygens (including phenoxy) is 1. The highest BCUT2D eigenvalue weighted by Gasteiger charge is 2.33. The summed E-state index contributed by atoms with van der Waals surface area (Å²) in [7, 11) is -1.83. The molecule has 1 aliphatic rings. The lowest BCUT2D eigenvalue weighted by Gasteiger charge is -2.34. The zero-order valence-corrected chi connectivity index (χ0v) is 12.0. The summed E-state index contributed by atoms with van der Waals surface area (Å²) in [5, 5.41) is 9.08. The van der Waals surface area contributed by atoms with Gasteiger partial charge in [-0.1, -0.05) is 0 Å². The molecule has 0 unspecified atom stereocenters. The Morgan fingerprint density at radius 3 is 2.72 bits per heavy atom. The van der Waals surface area contributed by atoms with Gasteiger partial charge in [0.05, 0.1) is 12.7 Å². The molecule has 102 valence electrons. The van der Waals surface area contributed by atoms with Crippen LogP contribution >= 0.6 is 11.3 Å². The van der Waals surface area contributed by atoms with Gasteiger partial charge in [-0.25, -0.2) is 13.1 Å². The highest BCUT2D eigenvalue weighted by atomic mass is 32.2. The van der Waals surface area contributed by atoms with Crippen LogP contribution in [0.2, 0.25) is 0 Å². The SMILES string of the molecule is COC1CC(NS(=O)(=O)c2cc(C)c(CO)s2)C1. The van der Waals surface area contributed by atoms with Gasteiger partial charge < -0.3 is 9.84 Å². The van der Waals surface area contributed by atoms with E-state index in [2.05, 4.69) is 4.72 Å². The zero-order valence-electron chi connectivity index (χ0n) is 10.3. The van der Waals surface area contributed by atoms with Crippen LogP contribution < -0.4 is 4.72 Å². The number of methoxy groups -OCH3 is 1. The molecule has 0 aliphatic heterocycles. The van der Waals surface area contributed by atoms with Crippen LogP contribution in [0.25, 0.3) is 0 Å². The van der Waals surface area contributed by atoms with E-state index in [1.165, 1.54) is 0 Å². The molecule has 0 spiro atoms. The van der Waals surface area contributed by atoms with Crippen molar-refractivity contribution in [2.24, 2.45) is 0 Å². The van der Waals surface area contributed by atoms with Crippen molar-refractivity contribution in [3.8, 4) is 0 Å². The fourth-order valence-electron chi connectivity index (χ4n) is 1.91. The molecular formula is C11H17NO4S2. The third kappa shape index (κ3) is 2.75. The van der Waals surface area contributed by atoms with Crippen LogP contribution in [0.5, 0.6) is 0 Å². The molecule has 1 saturated carbocycles. The third-order valence-electron chi connectivity index (χ3n) is 3.16. The molecule has 0 atom stereocenters. The number of aliphatic hydroxyl groups is 1. The van der Waals surface area contributed by atoms with E-state index in [-0.39, 0.29) is 23.0 Å². The van der Waals surface area contributed by atoms with Gasteiger partial charge >= 0.3 is 0 Å². The van der Waals surface area contributed by atoms with Gasteiger partial charge in [0.2, 0.25) is 10.0 Å². The summed E-state index contributed by atoms with van der Waals surface area (Å²) in [6.07, 6.45) is 1.59. The lowest BCUT2D eigenvalue weighted by Crippen LogP contribution is -2.47. The Kier molecular flexibility index (Phi) is 4.08. The lowest BCUT2D eigenvalue weighted by molar-refractivity contribution is 0.0236. The van der Waals surface area contributed by atoms with Crippen LogP contribution in [0.3, 0.4) is 0 Å². The fourth-order valence-corrected chi connectivity index (χ4v) is 4.64. The maximum atomic E-state index is 12.1. The molecule has 1 fully saturated rings. The second-order valence-electron chi connectivity index (χ2n) is 4.48. The van der Waals surface area contributed by atoms with Crippen molar-refractivity contribution in [3.05, 3.63) is 16.5 Å². The maximum absolute atomic E-state index is 12.1. The van der Waals surface area contributed by atoms with E-state index in [9.17, 15) is 8.42 Å². The number of nitrogens with one attached hydrogen (secondary N) is 1. The van der Waals surface area contributed by atoms with E-state index >= 15 is 0 Å². The average Bonchev–Trinajstić information content (AvgIpc) is 2.65. The van der Waals surface area contributed by atoms with E-state index in [0.717, 1.165) is 16.9 Å². The summed E-state index contributed by atoms with van der Waals surface area (Å²) in [4.78, 5) is 0.693. The molecule has 0 radical (unpaired) electrons. The first-order valence-corrected chi connectivity index (χ1v) is 8.01. The van der Waals surface area contributed by atoms with Crippen LogP contribution in [0, 0.1) is 6.92 Å². The minimum Gasteiger partial charge on any atom is -0.391 e. The second-order valence-corrected chi connectivity index (χ2v) is 7.55. The van der Waals surface area contributed by atoms with Crippen LogP contribution in [-0.4, -0.2) is 32.8 Å². The zero-order chi connectivity index (χ0) is 13.3. The van der Waals surface area contributed by atoms with Crippen LogP contribution in [-0.2, 0) is 21.4 Å². The Morgan fingerprint density at radius 2 is 2.22 bits per heavy atom. The molecule has 0 amide bonds. The fraction of sp³-hybridized carbons (Fsp3) is 0.636. The van der Waals surface area contributed by atoms with E-state index < -0.39 is 10.0 Å². The normalized spacial score (nSPS) is 23.9. The number of thiophene rings is 1. The van der Waals surface area contributed by atoms with Gasteiger partial charge in [0, 0.05) is 18.0 Å². The molecule has 1 heterocycles. The number of hydrogen-bond donors (Lipinski definition) is 2. The first-order valence-electron chi connectivity index (χ1n) is 5.71. The summed E-state index contributed by atoms with van der Waals surface area (Å²) < 4.78 is 32.2. The first kappa shape index (κ1) is 14.0. The van der Waals surface area contributed by atoms with Gasteiger partial charge in [0.25, 0.3) is 0 Å². The molecule has 1 aromatic heterocycles. The van der Waals surface area contributed by atoms with Crippen LogP contribution in [0.15, 0.2) is 10.3 Å². The highest BCUT2D eigenvalue weighted by molar-refractivity contribution is 7.91. The number of aryl methyl sites for hydroxylation is 1. The Hall–Kier alpha value is -0.470. The molecule has 18 heavy (non-hydrogen) atoms. The minimum absolute atomic E-state index is 0.0417. The molecule has 1 aromatic rings. The van der Waals surface area contributed by atoms with Gasteiger partial charge in [0.15, 0.2) is 0 Å². The summed E-state index contributed by atoms with van der Waals surface area (Å²) >= 11 is 1.12. The third-order valence-corrected chi connectivity index (χ3v) is 6.37. The lowest BCUT2D eigenvalue weighted by atomic mass is 9.90.